The van der Waals surface area contributed by atoms with Crippen molar-refractivity contribution in [2.45, 2.75) is 0 Å². The summed E-state index contributed by atoms with van der Waals surface area (Å²) >= 11 is 0. The second-order valence-electron chi connectivity index (χ2n) is 3.59. The first-order valence-corrected chi connectivity index (χ1v) is 5.05. The number of amides is 1. The van der Waals surface area contributed by atoms with Gasteiger partial charge in [-0.1, -0.05) is 0 Å². The molecule has 2 rings (SSSR count). The molecule has 92 valence electrons. The van der Waals surface area contributed by atoms with Crippen molar-refractivity contribution in [1.29, 1.82) is 0 Å². The highest BCUT2D eigenvalue weighted by molar-refractivity contribution is 6.05. The number of carbonyl (C=O) groups is 2. The maximum Gasteiger partial charge on any atom is 0.354 e. The van der Waals surface area contributed by atoms with Crippen LogP contribution in [0.4, 0.5) is 5.69 Å². The fraction of sp³-hybridized carbons (Fsp3) is 0.0909. The molecule has 2 aromatic rings. The van der Waals surface area contributed by atoms with Gasteiger partial charge in [0.2, 0.25) is 0 Å². The maximum absolute atomic E-state index is 11.8. The van der Waals surface area contributed by atoms with Gasteiger partial charge in [-0.2, -0.15) is 5.10 Å². The van der Waals surface area contributed by atoms with Crippen molar-refractivity contribution in [1.82, 2.24) is 14.8 Å². The standard InChI is InChI=1S/C11H10N4O3/c1-15-6-8(5-13-15)14-10(16)7-2-3-12-9(4-7)11(17)18/h2-6H,1H3,(H,14,16)(H,17,18). The number of anilines is 1. The Bertz CT molecular complexity index is 606. The Kier molecular flexibility index (Phi) is 3.05. The molecule has 0 bridgehead atoms. The molecule has 0 radical (unpaired) electrons. The molecular weight excluding hydrogens is 236 g/mol. The third-order valence-electron chi connectivity index (χ3n) is 2.20. The minimum atomic E-state index is -1.17. The third kappa shape index (κ3) is 2.51. The van der Waals surface area contributed by atoms with Gasteiger partial charge in [-0.05, 0) is 12.1 Å². The summed E-state index contributed by atoms with van der Waals surface area (Å²) in [4.78, 5) is 26.2. The molecule has 7 heteroatoms. The van der Waals surface area contributed by atoms with Gasteiger partial charge in [0.15, 0.2) is 0 Å². The number of carboxylic acids is 1. The number of carbonyl (C=O) groups excluding carboxylic acids is 1. The zero-order valence-corrected chi connectivity index (χ0v) is 9.49. The molecule has 0 unspecified atom stereocenters. The van der Waals surface area contributed by atoms with Crippen molar-refractivity contribution in [2.75, 3.05) is 5.32 Å². The van der Waals surface area contributed by atoms with Crippen LogP contribution < -0.4 is 5.32 Å². The average Bonchev–Trinajstić information content (AvgIpc) is 2.75. The van der Waals surface area contributed by atoms with E-state index in [1.54, 1.807) is 17.9 Å². The molecule has 1 amide bonds. The second kappa shape index (κ2) is 4.66. The number of aryl methyl sites for hydroxylation is 1. The molecule has 2 aromatic heterocycles. The zero-order valence-electron chi connectivity index (χ0n) is 9.49. The van der Waals surface area contributed by atoms with Crippen LogP contribution in [0.1, 0.15) is 20.8 Å². The highest BCUT2D eigenvalue weighted by Gasteiger charge is 2.11. The summed E-state index contributed by atoms with van der Waals surface area (Å²) in [7, 11) is 1.73. The van der Waals surface area contributed by atoms with Crippen LogP contribution in [-0.2, 0) is 7.05 Å². The normalized spacial score (nSPS) is 10.1. The van der Waals surface area contributed by atoms with Gasteiger partial charge < -0.3 is 10.4 Å². The van der Waals surface area contributed by atoms with Crippen LogP contribution in [0.3, 0.4) is 0 Å². The molecule has 0 fully saturated rings. The molecule has 0 aromatic carbocycles. The molecule has 0 aliphatic heterocycles. The van der Waals surface area contributed by atoms with Crippen LogP contribution in [0.25, 0.3) is 0 Å². The van der Waals surface area contributed by atoms with Crippen molar-refractivity contribution >= 4 is 17.6 Å². The summed E-state index contributed by atoms with van der Waals surface area (Å²) < 4.78 is 1.55. The van der Waals surface area contributed by atoms with Gasteiger partial charge in [0.1, 0.15) is 5.69 Å². The molecule has 0 saturated carbocycles. The van der Waals surface area contributed by atoms with E-state index in [2.05, 4.69) is 15.4 Å². The van der Waals surface area contributed by atoms with Crippen LogP contribution in [-0.4, -0.2) is 31.7 Å². The quantitative estimate of drug-likeness (QED) is 0.833. The average molecular weight is 246 g/mol. The number of aromatic carboxylic acids is 1. The first-order chi connectivity index (χ1) is 8.56. The Morgan fingerprint density at radius 1 is 1.44 bits per heavy atom. The SMILES string of the molecule is Cn1cc(NC(=O)c2ccnc(C(=O)O)c2)cn1. The van der Waals surface area contributed by atoms with E-state index in [0.29, 0.717) is 5.69 Å². The summed E-state index contributed by atoms with van der Waals surface area (Å²) in [5, 5.41) is 15.3. The molecule has 0 spiro atoms. The van der Waals surface area contributed by atoms with Crippen LogP contribution in [0.2, 0.25) is 0 Å². The minimum absolute atomic E-state index is 0.172. The van der Waals surface area contributed by atoms with Gasteiger partial charge in [-0.15, -0.1) is 0 Å². The minimum Gasteiger partial charge on any atom is -0.477 e. The van der Waals surface area contributed by atoms with E-state index in [0.717, 1.165) is 0 Å². The molecule has 18 heavy (non-hydrogen) atoms. The second-order valence-corrected chi connectivity index (χ2v) is 3.59. The molecule has 0 saturated heterocycles. The lowest BCUT2D eigenvalue weighted by Crippen LogP contribution is -2.13. The number of nitrogens with one attached hydrogen (secondary N) is 1. The van der Waals surface area contributed by atoms with Gasteiger partial charge in [0, 0.05) is 25.0 Å². The van der Waals surface area contributed by atoms with Crippen molar-refractivity contribution in [3.8, 4) is 0 Å². The molecule has 0 aliphatic carbocycles. The Morgan fingerprint density at radius 3 is 2.83 bits per heavy atom. The molecule has 0 atom stereocenters. The monoisotopic (exact) mass is 246 g/mol. The Balaban J connectivity index is 2.18. The number of rotatable bonds is 3. The summed E-state index contributed by atoms with van der Waals surface area (Å²) in [6, 6.07) is 2.66. The summed E-state index contributed by atoms with van der Waals surface area (Å²) in [5.41, 5.74) is 0.594. The molecule has 0 aliphatic rings. The van der Waals surface area contributed by atoms with Crippen LogP contribution >= 0.6 is 0 Å². The predicted octanol–water partition coefficient (Wildman–Crippen LogP) is 0.766. The lowest BCUT2D eigenvalue weighted by atomic mass is 10.2. The van der Waals surface area contributed by atoms with Gasteiger partial charge in [-0.3, -0.25) is 9.48 Å². The zero-order chi connectivity index (χ0) is 13.1. The first-order valence-electron chi connectivity index (χ1n) is 5.05. The smallest absolute Gasteiger partial charge is 0.354 e. The number of hydrogen-bond donors (Lipinski definition) is 2. The van der Waals surface area contributed by atoms with Crippen LogP contribution in [0.5, 0.6) is 0 Å². The highest BCUT2D eigenvalue weighted by atomic mass is 16.4. The van der Waals surface area contributed by atoms with E-state index in [1.807, 2.05) is 0 Å². The summed E-state index contributed by atoms with van der Waals surface area (Å²) in [6.45, 7) is 0. The predicted molar refractivity (Wildman–Crippen MR) is 62.4 cm³/mol. The maximum atomic E-state index is 11.8. The number of pyridine rings is 1. The van der Waals surface area contributed by atoms with Crippen molar-refractivity contribution in [2.24, 2.45) is 7.05 Å². The van der Waals surface area contributed by atoms with E-state index >= 15 is 0 Å². The Morgan fingerprint density at radius 2 is 2.22 bits per heavy atom. The van der Waals surface area contributed by atoms with E-state index in [4.69, 9.17) is 5.11 Å². The van der Waals surface area contributed by atoms with E-state index in [9.17, 15) is 9.59 Å². The van der Waals surface area contributed by atoms with Crippen molar-refractivity contribution in [3.05, 3.63) is 42.0 Å². The number of aromatic nitrogens is 3. The van der Waals surface area contributed by atoms with Gasteiger partial charge >= 0.3 is 5.97 Å². The van der Waals surface area contributed by atoms with Gasteiger partial charge in [0.05, 0.1) is 11.9 Å². The lowest BCUT2D eigenvalue weighted by molar-refractivity contribution is 0.0690. The Labute approximate surface area is 102 Å². The fourth-order valence-electron chi connectivity index (χ4n) is 1.38. The first kappa shape index (κ1) is 11.8. The van der Waals surface area contributed by atoms with E-state index < -0.39 is 11.9 Å². The fourth-order valence-corrected chi connectivity index (χ4v) is 1.38. The van der Waals surface area contributed by atoms with Gasteiger partial charge in [0.25, 0.3) is 5.91 Å². The molecule has 2 N–H and O–H groups in total. The van der Waals surface area contributed by atoms with Crippen LogP contribution in [0.15, 0.2) is 30.7 Å². The van der Waals surface area contributed by atoms with E-state index in [-0.39, 0.29) is 11.3 Å². The number of nitrogens with zero attached hydrogens (tertiary/aromatic N) is 3. The summed E-state index contributed by atoms with van der Waals surface area (Å²) in [5.74, 6) is -1.58. The third-order valence-corrected chi connectivity index (χ3v) is 2.20. The molecular formula is C11H10N4O3. The van der Waals surface area contributed by atoms with Gasteiger partial charge in [-0.25, -0.2) is 9.78 Å². The lowest BCUT2D eigenvalue weighted by Gasteiger charge is -2.02. The van der Waals surface area contributed by atoms with Crippen molar-refractivity contribution < 1.29 is 14.7 Å². The van der Waals surface area contributed by atoms with E-state index in [1.165, 1.54) is 24.5 Å². The largest absolute Gasteiger partial charge is 0.477 e. The molecule has 2 heterocycles. The summed E-state index contributed by atoms with van der Waals surface area (Å²) in [6.07, 6.45) is 4.41. The highest BCUT2D eigenvalue weighted by Crippen LogP contribution is 2.08. The van der Waals surface area contributed by atoms with Crippen LogP contribution in [0, 0.1) is 0 Å². The van der Waals surface area contributed by atoms with Crippen molar-refractivity contribution in [3.63, 3.8) is 0 Å². The number of carboxylic acid groups (broad SMARTS) is 1. The molecule has 7 nitrogen and oxygen atoms in total. The number of hydrogen-bond acceptors (Lipinski definition) is 4. The Hall–Kier alpha value is -2.70. The topological polar surface area (TPSA) is 97.1 Å².